The Bertz CT molecular complexity index is 282. The molecular formula is C11H13F3O. The zero-order valence-corrected chi connectivity index (χ0v) is 8.42. The van der Waals surface area contributed by atoms with Crippen molar-refractivity contribution in [3.63, 3.8) is 0 Å². The number of alkyl halides is 3. The molecule has 0 amide bonds. The lowest BCUT2D eigenvalue weighted by Gasteiger charge is -2.19. The fourth-order valence-electron chi connectivity index (χ4n) is 1.21. The number of hydrogen-bond acceptors (Lipinski definition) is 1. The number of benzene rings is 1. The maximum atomic E-state index is 12.3. The molecule has 1 unspecified atom stereocenters. The quantitative estimate of drug-likeness (QED) is 0.751. The van der Waals surface area contributed by atoms with Crippen LogP contribution >= 0.6 is 0 Å². The molecule has 1 aromatic carbocycles. The minimum atomic E-state index is -4.27. The summed E-state index contributed by atoms with van der Waals surface area (Å²) in [5.74, 6) is 0. The normalized spacial score (nSPS) is 13.9. The Kier molecular flexibility index (Phi) is 4.15. The molecule has 0 N–H and O–H groups in total. The first-order valence-electron chi connectivity index (χ1n) is 4.76. The third-order valence-corrected chi connectivity index (χ3v) is 2.03. The highest BCUT2D eigenvalue weighted by Crippen LogP contribution is 2.25. The molecule has 0 aliphatic rings. The van der Waals surface area contributed by atoms with Crippen LogP contribution in [-0.4, -0.2) is 12.3 Å². The molecule has 0 aromatic heterocycles. The van der Waals surface area contributed by atoms with Gasteiger partial charge in [0, 0.05) is 0 Å². The molecule has 0 spiro atoms. The summed E-state index contributed by atoms with van der Waals surface area (Å²) in [6.07, 6.45) is -6.00. The van der Waals surface area contributed by atoms with Gasteiger partial charge in [0.05, 0.1) is 6.61 Å². The van der Waals surface area contributed by atoms with Gasteiger partial charge in [-0.15, -0.1) is 0 Å². The standard InChI is InChI=1S/C11H13F3O/c1-2-10(11(12,13)14)15-8-9-6-4-3-5-7-9/h3-7,10H,2,8H2,1H3. The van der Waals surface area contributed by atoms with E-state index in [1.54, 1.807) is 24.3 Å². The maximum absolute atomic E-state index is 12.3. The van der Waals surface area contributed by atoms with Gasteiger partial charge in [-0.25, -0.2) is 0 Å². The maximum Gasteiger partial charge on any atom is 0.414 e. The van der Waals surface area contributed by atoms with Gasteiger partial charge in [0.2, 0.25) is 0 Å². The van der Waals surface area contributed by atoms with Gasteiger partial charge in [0.25, 0.3) is 0 Å². The monoisotopic (exact) mass is 218 g/mol. The van der Waals surface area contributed by atoms with Gasteiger partial charge < -0.3 is 4.74 Å². The zero-order chi connectivity index (χ0) is 11.3. The summed E-state index contributed by atoms with van der Waals surface area (Å²) in [6, 6.07) is 8.83. The van der Waals surface area contributed by atoms with Gasteiger partial charge in [0.1, 0.15) is 0 Å². The molecule has 1 rings (SSSR count). The Labute approximate surface area is 86.9 Å². The van der Waals surface area contributed by atoms with Crippen LogP contribution < -0.4 is 0 Å². The van der Waals surface area contributed by atoms with E-state index in [1.165, 1.54) is 6.92 Å². The van der Waals surface area contributed by atoms with Crippen LogP contribution in [0.2, 0.25) is 0 Å². The lowest BCUT2D eigenvalue weighted by molar-refractivity contribution is -0.224. The molecule has 4 heteroatoms. The molecule has 1 aromatic rings. The Hall–Kier alpha value is -1.03. The Balaban J connectivity index is 2.49. The largest absolute Gasteiger partial charge is 0.414 e. The topological polar surface area (TPSA) is 9.23 Å². The highest BCUT2D eigenvalue weighted by Gasteiger charge is 2.39. The van der Waals surface area contributed by atoms with E-state index < -0.39 is 12.3 Å². The van der Waals surface area contributed by atoms with Crippen molar-refractivity contribution in [3.05, 3.63) is 35.9 Å². The summed E-state index contributed by atoms with van der Waals surface area (Å²) in [5, 5.41) is 0. The van der Waals surface area contributed by atoms with Crippen LogP contribution in [0, 0.1) is 0 Å². The lowest BCUT2D eigenvalue weighted by atomic mass is 10.2. The molecule has 15 heavy (non-hydrogen) atoms. The van der Waals surface area contributed by atoms with Crippen molar-refractivity contribution in [1.29, 1.82) is 0 Å². The summed E-state index contributed by atoms with van der Waals surface area (Å²) < 4.78 is 41.7. The molecule has 0 aliphatic heterocycles. The first-order valence-corrected chi connectivity index (χ1v) is 4.76. The number of ether oxygens (including phenoxy) is 1. The van der Waals surface area contributed by atoms with Gasteiger partial charge >= 0.3 is 6.18 Å². The Morgan fingerprint density at radius 1 is 1.20 bits per heavy atom. The second-order valence-corrected chi connectivity index (χ2v) is 3.24. The van der Waals surface area contributed by atoms with Crippen molar-refractivity contribution in [1.82, 2.24) is 0 Å². The highest BCUT2D eigenvalue weighted by molar-refractivity contribution is 5.13. The van der Waals surface area contributed by atoms with E-state index in [0.29, 0.717) is 0 Å². The van der Waals surface area contributed by atoms with Crippen molar-refractivity contribution in [2.75, 3.05) is 0 Å². The second-order valence-electron chi connectivity index (χ2n) is 3.24. The molecule has 0 bridgehead atoms. The van der Waals surface area contributed by atoms with Crippen molar-refractivity contribution < 1.29 is 17.9 Å². The van der Waals surface area contributed by atoms with Crippen LogP contribution in [0.4, 0.5) is 13.2 Å². The minimum Gasteiger partial charge on any atom is -0.364 e. The number of hydrogen-bond donors (Lipinski definition) is 0. The van der Waals surface area contributed by atoms with Gasteiger partial charge in [-0.05, 0) is 12.0 Å². The van der Waals surface area contributed by atoms with Crippen LogP contribution in [0.3, 0.4) is 0 Å². The summed E-state index contributed by atoms with van der Waals surface area (Å²) >= 11 is 0. The van der Waals surface area contributed by atoms with E-state index in [0.717, 1.165) is 5.56 Å². The van der Waals surface area contributed by atoms with Crippen LogP contribution in [0.25, 0.3) is 0 Å². The second kappa shape index (κ2) is 5.16. The molecule has 0 saturated carbocycles. The van der Waals surface area contributed by atoms with E-state index in [1.807, 2.05) is 6.07 Å². The first kappa shape index (κ1) is 12.0. The summed E-state index contributed by atoms with van der Waals surface area (Å²) in [5.41, 5.74) is 0.750. The van der Waals surface area contributed by atoms with E-state index >= 15 is 0 Å². The molecule has 0 aliphatic carbocycles. The van der Waals surface area contributed by atoms with Gasteiger partial charge in [-0.3, -0.25) is 0 Å². The average Bonchev–Trinajstić information content (AvgIpc) is 2.18. The van der Waals surface area contributed by atoms with Crippen molar-refractivity contribution in [3.8, 4) is 0 Å². The summed E-state index contributed by atoms with van der Waals surface area (Å²) in [7, 11) is 0. The summed E-state index contributed by atoms with van der Waals surface area (Å²) in [6.45, 7) is 1.46. The third-order valence-electron chi connectivity index (χ3n) is 2.03. The van der Waals surface area contributed by atoms with Gasteiger partial charge in [0.15, 0.2) is 6.10 Å². The molecular weight excluding hydrogens is 205 g/mol. The van der Waals surface area contributed by atoms with Crippen LogP contribution in [0.15, 0.2) is 30.3 Å². The van der Waals surface area contributed by atoms with E-state index in [4.69, 9.17) is 4.74 Å². The SMILES string of the molecule is CCC(OCc1ccccc1)C(F)(F)F. The molecule has 0 saturated heterocycles. The van der Waals surface area contributed by atoms with Crippen molar-refractivity contribution in [2.45, 2.75) is 32.2 Å². The lowest BCUT2D eigenvalue weighted by Crippen LogP contribution is -2.30. The van der Waals surface area contributed by atoms with Crippen LogP contribution in [-0.2, 0) is 11.3 Å². The Morgan fingerprint density at radius 3 is 2.27 bits per heavy atom. The van der Waals surface area contributed by atoms with Crippen LogP contribution in [0.1, 0.15) is 18.9 Å². The summed E-state index contributed by atoms with van der Waals surface area (Å²) in [4.78, 5) is 0. The number of rotatable bonds is 4. The molecule has 0 radical (unpaired) electrons. The highest BCUT2D eigenvalue weighted by atomic mass is 19.4. The van der Waals surface area contributed by atoms with Crippen LogP contribution in [0.5, 0.6) is 0 Å². The van der Waals surface area contributed by atoms with E-state index in [2.05, 4.69) is 0 Å². The predicted molar refractivity (Wildman–Crippen MR) is 51.4 cm³/mol. The van der Waals surface area contributed by atoms with E-state index in [9.17, 15) is 13.2 Å². The molecule has 1 nitrogen and oxygen atoms in total. The van der Waals surface area contributed by atoms with Crippen molar-refractivity contribution in [2.24, 2.45) is 0 Å². The fraction of sp³-hybridized carbons (Fsp3) is 0.455. The van der Waals surface area contributed by atoms with Gasteiger partial charge in [-0.1, -0.05) is 37.3 Å². The van der Waals surface area contributed by atoms with Crippen molar-refractivity contribution >= 4 is 0 Å². The average molecular weight is 218 g/mol. The van der Waals surface area contributed by atoms with Gasteiger partial charge in [-0.2, -0.15) is 13.2 Å². The fourth-order valence-corrected chi connectivity index (χ4v) is 1.21. The molecule has 84 valence electrons. The molecule has 0 fully saturated rings. The minimum absolute atomic E-state index is 0.00113. The first-order chi connectivity index (χ1) is 7.04. The molecule has 0 heterocycles. The third kappa shape index (κ3) is 3.91. The Morgan fingerprint density at radius 2 is 1.80 bits per heavy atom. The predicted octanol–water partition coefficient (Wildman–Crippen LogP) is 3.54. The smallest absolute Gasteiger partial charge is 0.364 e. The zero-order valence-electron chi connectivity index (χ0n) is 8.42. The number of halogens is 3. The van der Waals surface area contributed by atoms with E-state index in [-0.39, 0.29) is 13.0 Å². The molecule has 1 atom stereocenters.